The van der Waals surface area contributed by atoms with E-state index in [-0.39, 0.29) is 59.1 Å². The molecule has 1 aromatic carbocycles. The molecule has 3 amide bonds. The lowest BCUT2D eigenvalue weighted by atomic mass is 10.0. The molecule has 0 radical (unpaired) electrons. The summed E-state index contributed by atoms with van der Waals surface area (Å²) in [5.74, 6) is -1.06. The van der Waals surface area contributed by atoms with Gasteiger partial charge in [-0.1, -0.05) is 24.2 Å². The highest BCUT2D eigenvalue weighted by atomic mass is 79.9. The number of aromatic nitrogens is 5. The minimum atomic E-state index is -1.02. The van der Waals surface area contributed by atoms with Gasteiger partial charge in [-0.25, -0.2) is 14.2 Å². The number of benzene rings is 1. The number of esters is 1. The third-order valence-electron chi connectivity index (χ3n) is 8.28. The molecule has 2 aliphatic rings. The largest absolute Gasteiger partial charge is 1.00 e. The lowest BCUT2D eigenvalue weighted by Gasteiger charge is -2.49. The lowest BCUT2D eigenvalue weighted by Crippen LogP contribution is -3.00. The summed E-state index contributed by atoms with van der Waals surface area (Å²) in [6, 6.07) is 10.0. The zero-order valence-corrected chi connectivity index (χ0v) is 34.8. The number of aryl methyl sites for hydroxylation is 1. The number of methoxy groups -OCH3 is 1. The monoisotopic (exact) mass is 871 g/mol. The summed E-state index contributed by atoms with van der Waals surface area (Å²) >= 11 is 2.22. The number of rotatable bonds is 14. The number of oxime groups is 1. The van der Waals surface area contributed by atoms with E-state index in [1.165, 1.54) is 16.7 Å². The van der Waals surface area contributed by atoms with Crippen LogP contribution in [-0.4, -0.2) is 89.9 Å². The predicted molar refractivity (Wildman–Crippen MR) is 203 cm³/mol. The maximum Gasteiger partial charge on any atom is 0.414 e. The second kappa shape index (κ2) is 18.2. The number of imidazole rings is 1. The van der Waals surface area contributed by atoms with E-state index >= 15 is 0 Å². The van der Waals surface area contributed by atoms with Crippen LogP contribution in [0.1, 0.15) is 52.4 Å². The molecule has 0 spiro atoms. The zero-order chi connectivity index (χ0) is 39.3. The first-order chi connectivity index (χ1) is 26.4. The highest BCUT2D eigenvalue weighted by Crippen LogP contribution is 2.41. The van der Waals surface area contributed by atoms with Crippen LogP contribution < -0.4 is 36.9 Å². The Morgan fingerprint density at radius 1 is 1.12 bits per heavy atom. The van der Waals surface area contributed by atoms with Crippen molar-refractivity contribution in [3.8, 4) is 5.75 Å². The summed E-state index contributed by atoms with van der Waals surface area (Å²) in [5.41, 5.74) is 2.16. The van der Waals surface area contributed by atoms with E-state index in [2.05, 4.69) is 41.6 Å². The normalized spacial score (nSPS) is 16.7. The molecule has 0 aliphatic carbocycles. The molecule has 17 nitrogen and oxygen atoms in total. The fraction of sp³-hybridized carbons (Fsp3) is 0.417. The summed E-state index contributed by atoms with van der Waals surface area (Å²) in [6.45, 7) is 10.1. The average molecular weight is 873 g/mol. The van der Waals surface area contributed by atoms with Gasteiger partial charge in [-0.2, -0.15) is 9.36 Å². The van der Waals surface area contributed by atoms with Crippen LogP contribution in [0, 0.1) is 0 Å². The quantitative estimate of drug-likeness (QED) is 0.0597. The Balaban J connectivity index is 0.00000600. The minimum absolute atomic E-state index is 0. The van der Waals surface area contributed by atoms with Crippen molar-refractivity contribution in [1.82, 2.24) is 29.1 Å². The van der Waals surface area contributed by atoms with Gasteiger partial charge in [0, 0.05) is 29.4 Å². The molecule has 56 heavy (non-hydrogen) atoms. The van der Waals surface area contributed by atoms with Crippen LogP contribution in [0.3, 0.4) is 0 Å². The molecule has 0 bridgehead atoms. The van der Waals surface area contributed by atoms with E-state index in [9.17, 15) is 19.2 Å². The molecular weight excluding hydrogens is 830 g/mol. The van der Waals surface area contributed by atoms with Crippen molar-refractivity contribution in [2.75, 3.05) is 24.8 Å². The van der Waals surface area contributed by atoms with Crippen molar-refractivity contribution in [1.29, 1.82) is 0 Å². The number of carbonyl (C=O) groups is 4. The van der Waals surface area contributed by atoms with Gasteiger partial charge in [-0.15, -0.1) is 11.8 Å². The molecule has 298 valence electrons. The van der Waals surface area contributed by atoms with Crippen LogP contribution in [0.25, 0.3) is 11.2 Å². The van der Waals surface area contributed by atoms with Gasteiger partial charge in [-0.3, -0.25) is 19.8 Å². The van der Waals surface area contributed by atoms with E-state index in [0.717, 1.165) is 41.2 Å². The molecule has 2 atom stereocenters. The number of hydrogen-bond donors (Lipinski definition) is 2. The average Bonchev–Trinajstić information content (AvgIpc) is 3.79. The number of β-lactam (4-membered cyclic amide) rings is 1. The third-order valence-corrected chi connectivity index (χ3v) is 10.2. The topological polar surface area (TPSA) is 192 Å². The first-order valence-electron chi connectivity index (χ1n) is 17.6. The Morgan fingerprint density at radius 3 is 2.59 bits per heavy atom. The summed E-state index contributed by atoms with van der Waals surface area (Å²) < 4.78 is 24.5. The number of carbonyl (C=O) groups excluding carboxylic acids is 4. The third kappa shape index (κ3) is 9.47. The number of anilines is 1. The highest BCUT2D eigenvalue weighted by molar-refractivity contribution is 8.00. The van der Waals surface area contributed by atoms with Gasteiger partial charge < -0.3 is 45.9 Å². The summed E-state index contributed by atoms with van der Waals surface area (Å²) in [7, 11) is 1.57. The van der Waals surface area contributed by atoms with Gasteiger partial charge in [0.05, 0.1) is 13.3 Å². The number of ether oxygens (including phenoxy) is 3. The van der Waals surface area contributed by atoms with Crippen LogP contribution in [0.2, 0.25) is 0 Å². The number of halogens is 1. The van der Waals surface area contributed by atoms with Crippen molar-refractivity contribution in [3.05, 3.63) is 71.6 Å². The summed E-state index contributed by atoms with van der Waals surface area (Å²) in [6.07, 6.45) is 3.87. The van der Waals surface area contributed by atoms with Crippen LogP contribution >= 0.6 is 23.3 Å². The minimum Gasteiger partial charge on any atom is -1.00 e. The number of hydrogen-bond acceptors (Lipinski definition) is 14. The van der Waals surface area contributed by atoms with Crippen molar-refractivity contribution >= 4 is 69.2 Å². The molecule has 5 heterocycles. The van der Waals surface area contributed by atoms with Crippen LogP contribution in [0.15, 0.2) is 65.3 Å². The molecule has 20 heteroatoms. The first-order valence-corrected chi connectivity index (χ1v) is 19.4. The van der Waals surface area contributed by atoms with Crippen molar-refractivity contribution in [2.45, 2.75) is 77.8 Å². The fourth-order valence-corrected chi connectivity index (χ4v) is 7.74. The molecule has 2 aliphatic heterocycles. The molecule has 1 fully saturated rings. The van der Waals surface area contributed by atoms with Gasteiger partial charge in [0.2, 0.25) is 23.0 Å². The van der Waals surface area contributed by atoms with Crippen molar-refractivity contribution in [2.24, 2.45) is 5.16 Å². The summed E-state index contributed by atoms with van der Waals surface area (Å²) in [5, 5.41) is 8.57. The second-order valence-electron chi connectivity index (χ2n) is 13.4. The van der Waals surface area contributed by atoms with Gasteiger partial charge in [0.25, 0.3) is 11.8 Å². The Hall–Kier alpha value is -5.08. The van der Waals surface area contributed by atoms with Gasteiger partial charge in [-0.05, 0) is 68.9 Å². The van der Waals surface area contributed by atoms with E-state index in [0.29, 0.717) is 17.1 Å². The van der Waals surface area contributed by atoms with E-state index in [4.69, 9.17) is 19.0 Å². The van der Waals surface area contributed by atoms with Crippen LogP contribution in [-0.2, 0) is 48.4 Å². The van der Waals surface area contributed by atoms with E-state index < -0.39 is 40.9 Å². The molecule has 4 aromatic rings. The SMILES string of the molecule is CCCn1cnc2c1ccc[n+]2CC1=C(C(=O)OCc2ccc(OC)cc2)N2C(=O)C(NC(=O)/C(=N\OCC)c3nsc(NC(=O)OC(C)(C)C)n3)C2SC1.[Br-]. The van der Waals surface area contributed by atoms with Gasteiger partial charge in [0.15, 0.2) is 0 Å². The molecular formula is C36H42BrN9O8S2. The predicted octanol–water partition coefficient (Wildman–Crippen LogP) is 0.783. The molecule has 1 saturated heterocycles. The highest BCUT2D eigenvalue weighted by Gasteiger charge is 2.55. The Bertz CT molecular complexity index is 2150. The number of thioether (sulfide) groups is 1. The maximum absolute atomic E-state index is 14.0. The van der Waals surface area contributed by atoms with Gasteiger partial charge >= 0.3 is 17.7 Å². The number of amides is 3. The second-order valence-corrected chi connectivity index (χ2v) is 15.3. The van der Waals surface area contributed by atoms with Crippen LogP contribution in [0.4, 0.5) is 9.93 Å². The standard InChI is InChI=1S/C36H41N9O8S2.BrH/c1-7-15-44-20-37-29-24(44)10-9-16-43(29)17-22-19-54-32-26(31(47)45(32)27(22)33(48)51-18-21-11-13-23(50-6)14-12-21)38-30(46)25(41-52-8-2)28-39-34(55-42-28)40-35(49)53-36(3,4)5;/h9-14,16,20,26,32H,7-8,15,17-19H2,1-6H3,(H-,38,39,40,42,46,49);1H/b41-25-;. The van der Waals surface area contributed by atoms with Crippen molar-refractivity contribution in [3.63, 3.8) is 0 Å². The van der Waals surface area contributed by atoms with E-state index in [1.807, 2.05) is 22.9 Å². The lowest BCUT2D eigenvalue weighted by molar-refractivity contribution is -0.664. The molecule has 2 unspecified atom stereocenters. The molecule has 3 aromatic heterocycles. The summed E-state index contributed by atoms with van der Waals surface area (Å²) in [4.78, 5) is 69.3. The number of nitrogens with one attached hydrogen (secondary N) is 2. The van der Waals surface area contributed by atoms with Gasteiger partial charge in [0.1, 0.15) is 53.7 Å². The number of pyridine rings is 1. The fourth-order valence-electron chi connectivity index (χ4n) is 5.85. The van der Waals surface area contributed by atoms with Crippen molar-refractivity contribution < 1.29 is 59.8 Å². The smallest absolute Gasteiger partial charge is 0.414 e. The molecule has 0 saturated carbocycles. The van der Waals surface area contributed by atoms with Crippen LogP contribution in [0.5, 0.6) is 5.75 Å². The Labute approximate surface area is 341 Å². The Kier molecular flexibility index (Phi) is 13.7. The maximum atomic E-state index is 14.0. The van der Waals surface area contributed by atoms with E-state index in [1.54, 1.807) is 65.4 Å². The Morgan fingerprint density at radius 2 is 1.89 bits per heavy atom. The molecule has 6 rings (SSSR count). The molecule has 2 N–H and O–H groups in total. The zero-order valence-electron chi connectivity index (χ0n) is 31.6. The number of nitrogens with zero attached hydrogens (tertiary/aromatic N) is 7. The number of fused-ring (bicyclic) bond motifs is 2. The first kappa shape index (κ1) is 42.1.